The molecule has 1 atom stereocenters. The Kier molecular flexibility index (Phi) is 1.42. The minimum atomic E-state index is -0.0579. The normalized spacial score (nSPS) is 25.8. The van der Waals surface area contributed by atoms with Crippen LogP contribution in [0.5, 0.6) is 0 Å². The standard InChI is InChI=1S/C6H9NO2/c1-4(8)5-2-6(9)7-3-5/h5,8H,1-3H2,(H,7,9). The highest BCUT2D eigenvalue weighted by Gasteiger charge is 2.23. The second-order valence-electron chi connectivity index (χ2n) is 2.20. The maximum absolute atomic E-state index is 10.5. The van der Waals surface area contributed by atoms with Crippen molar-refractivity contribution in [3.8, 4) is 0 Å². The van der Waals surface area contributed by atoms with E-state index in [1.807, 2.05) is 0 Å². The summed E-state index contributed by atoms with van der Waals surface area (Å²) < 4.78 is 0. The first-order valence-corrected chi connectivity index (χ1v) is 2.84. The lowest BCUT2D eigenvalue weighted by molar-refractivity contribution is -0.119. The summed E-state index contributed by atoms with van der Waals surface area (Å²) in [5, 5.41) is 11.4. The molecule has 3 heteroatoms. The monoisotopic (exact) mass is 127 g/mol. The van der Waals surface area contributed by atoms with Crippen LogP contribution in [0.4, 0.5) is 0 Å². The number of aliphatic hydroxyl groups excluding tert-OH is 1. The average molecular weight is 127 g/mol. The van der Waals surface area contributed by atoms with E-state index in [0.29, 0.717) is 13.0 Å². The van der Waals surface area contributed by atoms with E-state index in [1.165, 1.54) is 0 Å². The van der Waals surface area contributed by atoms with Gasteiger partial charge in [0.05, 0.1) is 5.76 Å². The lowest BCUT2D eigenvalue weighted by Crippen LogP contribution is -2.14. The molecule has 1 aliphatic rings. The second kappa shape index (κ2) is 2.09. The van der Waals surface area contributed by atoms with Gasteiger partial charge in [-0.15, -0.1) is 0 Å². The van der Waals surface area contributed by atoms with Gasteiger partial charge >= 0.3 is 0 Å². The van der Waals surface area contributed by atoms with Crippen molar-refractivity contribution in [3.63, 3.8) is 0 Å². The molecule has 2 N–H and O–H groups in total. The molecule has 9 heavy (non-hydrogen) atoms. The summed E-state index contributed by atoms with van der Waals surface area (Å²) in [5.74, 6) is 0.0426. The SMILES string of the molecule is C=C(O)C1CNC(=O)C1. The highest BCUT2D eigenvalue weighted by atomic mass is 16.3. The van der Waals surface area contributed by atoms with Gasteiger partial charge in [0, 0.05) is 18.9 Å². The number of hydrogen-bond donors (Lipinski definition) is 2. The Hall–Kier alpha value is -0.990. The van der Waals surface area contributed by atoms with Crippen LogP contribution in [-0.4, -0.2) is 17.6 Å². The molecule has 0 aromatic heterocycles. The number of carbonyl (C=O) groups is 1. The number of hydrogen-bond acceptors (Lipinski definition) is 2. The van der Waals surface area contributed by atoms with Gasteiger partial charge in [0.1, 0.15) is 0 Å². The van der Waals surface area contributed by atoms with Crippen LogP contribution < -0.4 is 5.32 Å². The van der Waals surface area contributed by atoms with Crippen LogP contribution in [0.15, 0.2) is 12.3 Å². The van der Waals surface area contributed by atoms with E-state index in [4.69, 9.17) is 5.11 Å². The molecule has 1 fully saturated rings. The van der Waals surface area contributed by atoms with Crippen LogP contribution in [0.1, 0.15) is 6.42 Å². The molecule has 0 spiro atoms. The third-order valence-corrected chi connectivity index (χ3v) is 1.45. The van der Waals surface area contributed by atoms with E-state index in [2.05, 4.69) is 11.9 Å². The van der Waals surface area contributed by atoms with Crippen LogP contribution in [0, 0.1) is 5.92 Å². The predicted octanol–water partition coefficient (Wildman–Crippen LogP) is 0.194. The lowest BCUT2D eigenvalue weighted by atomic mass is 10.1. The van der Waals surface area contributed by atoms with Gasteiger partial charge in [-0.1, -0.05) is 6.58 Å². The van der Waals surface area contributed by atoms with Gasteiger partial charge in [0.25, 0.3) is 0 Å². The molecule has 0 aromatic carbocycles. The van der Waals surface area contributed by atoms with Crippen LogP contribution in [-0.2, 0) is 4.79 Å². The molecule has 50 valence electrons. The van der Waals surface area contributed by atoms with Gasteiger partial charge in [-0.05, 0) is 0 Å². The van der Waals surface area contributed by atoms with Gasteiger partial charge < -0.3 is 10.4 Å². The van der Waals surface area contributed by atoms with E-state index in [9.17, 15) is 4.79 Å². The molecule has 0 saturated carbocycles. The van der Waals surface area contributed by atoms with Gasteiger partial charge in [-0.2, -0.15) is 0 Å². The van der Waals surface area contributed by atoms with Gasteiger partial charge in [-0.3, -0.25) is 4.79 Å². The number of amides is 1. The summed E-state index contributed by atoms with van der Waals surface area (Å²) in [7, 11) is 0. The molecule has 1 saturated heterocycles. The first-order valence-electron chi connectivity index (χ1n) is 2.84. The minimum Gasteiger partial charge on any atom is -0.513 e. The van der Waals surface area contributed by atoms with E-state index >= 15 is 0 Å². The van der Waals surface area contributed by atoms with Gasteiger partial charge in [0.2, 0.25) is 5.91 Å². The first-order chi connectivity index (χ1) is 4.20. The van der Waals surface area contributed by atoms with Gasteiger partial charge in [0.15, 0.2) is 0 Å². The Bertz CT molecular complexity index is 153. The molecule has 0 bridgehead atoms. The molecule has 0 radical (unpaired) electrons. The largest absolute Gasteiger partial charge is 0.513 e. The third kappa shape index (κ3) is 1.22. The number of aliphatic hydroxyl groups is 1. The van der Waals surface area contributed by atoms with Crippen molar-refractivity contribution in [2.45, 2.75) is 6.42 Å². The maximum atomic E-state index is 10.5. The van der Waals surface area contributed by atoms with Crippen molar-refractivity contribution in [1.29, 1.82) is 0 Å². The van der Waals surface area contributed by atoms with Crippen LogP contribution in [0.3, 0.4) is 0 Å². The molecular weight excluding hydrogens is 118 g/mol. The zero-order valence-corrected chi connectivity index (χ0v) is 5.05. The average Bonchev–Trinajstić information content (AvgIpc) is 2.14. The maximum Gasteiger partial charge on any atom is 0.220 e. The van der Waals surface area contributed by atoms with Gasteiger partial charge in [-0.25, -0.2) is 0 Å². The van der Waals surface area contributed by atoms with E-state index in [1.54, 1.807) is 0 Å². The Morgan fingerprint density at radius 1 is 1.89 bits per heavy atom. The van der Waals surface area contributed by atoms with Crippen LogP contribution in [0.2, 0.25) is 0 Å². The number of nitrogens with one attached hydrogen (secondary N) is 1. The Morgan fingerprint density at radius 3 is 2.78 bits per heavy atom. The number of carbonyl (C=O) groups excluding carboxylic acids is 1. The summed E-state index contributed by atoms with van der Waals surface area (Å²) >= 11 is 0. The minimum absolute atomic E-state index is 0.00444. The zero-order chi connectivity index (χ0) is 6.85. The fourth-order valence-corrected chi connectivity index (χ4v) is 0.841. The molecule has 1 rings (SSSR count). The smallest absolute Gasteiger partial charge is 0.220 e. The predicted molar refractivity (Wildman–Crippen MR) is 32.9 cm³/mol. The van der Waals surface area contributed by atoms with Crippen LogP contribution in [0.25, 0.3) is 0 Å². The highest BCUT2D eigenvalue weighted by molar-refractivity contribution is 5.78. The summed E-state index contributed by atoms with van der Waals surface area (Å²) in [6, 6.07) is 0. The lowest BCUT2D eigenvalue weighted by Gasteiger charge is -2.01. The topological polar surface area (TPSA) is 49.3 Å². The zero-order valence-electron chi connectivity index (χ0n) is 5.05. The van der Waals surface area contributed by atoms with Crippen LogP contribution >= 0.6 is 0 Å². The highest BCUT2D eigenvalue weighted by Crippen LogP contribution is 2.14. The molecule has 1 amide bonds. The third-order valence-electron chi connectivity index (χ3n) is 1.45. The van der Waals surface area contributed by atoms with Crippen molar-refractivity contribution >= 4 is 5.91 Å². The fraction of sp³-hybridized carbons (Fsp3) is 0.500. The summed E-state index contributed by atoms with van der Waals surface area (Å²) in [6.07, 6.45) is 0.384. The van der Waals surface area contributed by atoms with Crippen molar-refractivity contribution in [2.75, 3.05) is 6.54 Å². The second-order valence-corrected chi connectivity index (χ2v) is 2.20. The molecule has 0 aromatic rings. The Morgan fingerprint density at radius 2 is 2.56 bits per heavy atom. The fourth-order valence-electron chi connectivity index (χ4n) is 0.841. The summed E-state index contributed by atoms with van der Waals surface area (Å²) in [5.41, 5.74) is 0. The number of rotatable bonds is 1. The van der Waals surface area contributed by atoms with Crippen molar-refractivity contribution in [3.05, 3.63) is 12.3 Å². The van der Waals surface area contributed by atoms with Crippen molar-refractivity contribution in [2.24, 2.45) is 5.92 Å². The first kappa shape index (κ1) is 6.13. The summed E-state index contributed by atoms with van der Waals surface area (Å²) in [4.78, 5) is 10.5. The Labute approximate surface area is 53.4 Å². The molecule has 1 unspecified atom stereocenters. The van der Waals surface area contributed by atoms with Crippen molar-refractivity contribution < 1.29 is 9.90 Å². The molecule has 1 heterocycles. The molecule has 3 nitrogen and oxygen atoms in total. The van der Waals surface area contributed by atoms with Crippen molar-refractivity contribution in [1.82, 2.24) is 5.32 Å². The molecular formula is C6H9NO2. The van der Waals surface area contributed by atoms with E-state index < -0.39 is 0 Å². The quantitative estimate of drug-likeness (QED) is 0.494. The summed E-state index contributed by atoms with van der Waals surface area (Å²) in [6.45, 7) is 3.87. The van der Waals surface area contributed by atoms with E-state index in [-0.39, 0.29) is 17.6 Å². The Balaban J connectivity index is 2.48. The molecule has 1 aliphatic heterocycles. The van der Waals surface area contributed by atoms with E-state index in [0.717, 1.165) is 0 Å². The molecule has 0 aliphatic carbocycles.